The Labute approximate surface area is 193 Å². The number of thiol groups is 1. The maximum Gasteiger partial charge on any atom is 0.333 e. The SMILES string of the molecule is Cc1ccc(C)c(NC(=O)N(S)C(NC(=O)c2cccc([N+](=O)[O-])c2)C(Cl)(Cl)Cl)c1. The normalized spacial score (nSPS) is 12.1. The average Bonchev–Trinajstić information content (AvgIpc) is 2.67. The summed E-state index contributed by atoms with van der Waals surface area (Å²) in [6.07, 6.45) is -1.50. The van der Waals surface area contributed by atoms with E-state index in [9.17, 15) is 19.7 Å². The fourth-order valence-electron chi connectivity index (χ4n) is 2.41. The number of carbonyl (C=O) groups is 2. The van der Waals surface area contributed by atoms with Gasteiger partial charge >= 0.3 is 6.03 Å². The molecule has 0 aliphatic rings. The van der Waals surface area contributed by atoms with Gasteiger partial charge in [-0.15, -0.1) is 0 Å². The third-order valence-corrected chi connectivity index (χ3v) is 5.02. The molecule has 0 saturated heterocycles. The zero-order valence-electron chi connectivity index (χ0n) is 15.7. The van der Waals surface area contributed by atoms with Crippen LogP contribution in [0.25, 0.3) is 0 Å². The molecule has 1 atom stereocenters. The fraction of sp³-hybridized carbons (Fsp3) is 0.222. The van der Waals surface area contributed by atoms with Crippen LogP contribution in [0.15, 0.2) is 42.5 Å². The molecule has 2 aromatic carbocycles. The van der Waals surface area contributed by atoms with Crippen molar-refractivity contribution >= 4 is 70.9 Å². The van der Waals surface area contributed by atoms with Crippen LogP contribution in [0.2, 0.25) is 0 Å². The number of halogens is 3. The van der Waals surface area contributed by atoms with E-state index >= 15 is 0 Å². The van der Waals surface area contributed by atoms with Gasteiger partial charge in [-0.1, -0.05) is 65.8 Å². The lowest BCUT2D eigenvalue weighted by Crippen LogP contribution is -2.54. The minimum atomic E-state index is -2.16. The van der Waals surface area contributed by atoms with Gasteiger partial charge in [-0.3, -0.25) is 14.9 Å². The Kier molecular flexibility index (Phi) is 7.81. The molecule has 2 rings (SSSR count). The number of hydrogen-bond acceptors (Lipinski definition) is 5. The summed E-state index contributed by atoms with van der Waals surface area (Å²) in [5.41, 5.74) is 1.89. The lowest BCUT2D eigenvalue weighted by molar-refractivity contribution is -0.384. The minimum Gasteiger partial charge on any atom is -0.327 e. The zero-order valence-corrected chi connectivity index (χ0v) is 18.9. The van der Waals surface area contributed by atoms with Crippen LogP contribution in [-0.4, -0.2) is 31.1 Å². The van der Waals surface area contributed by atoms with Crippen LogP contribution in [0.5, 0.6) is 0 Å². The molecule has 160 valence electrons. The Bertz CT molecular complexity index is 984. The molecule has 30 heavy (non-hydrogen) atoms. The largest absolute Gasteiger partial charge is 0.333 e. The molecule has 0 fully saturated rings. The summed E-state index contributed by atoms with van der Waals surface area (Å²) in [7, 11) is 0. The molecule has 0 bridgehead atoms. The lowest BCUT2D eigenvalue weighted by atomic mass is 10.1. The first-order chi connectivity index (χ1) is 13.9. The highest BCUT2D eigenvalue weighted by molar-refractivity contribution is 7.78. The smallest absolute Gasteiger partial charge is 0.327 e. The number of urea groups is 1. The van der Waals surface area contributed by atoms with Crippen molar-refractivity contribution in [2.24, 2.45) is 0 Å². The number of amides is 3. The van der Waals surface area contributed by atoms with E-state index < -0.39 is 26.8 Å². The number of carbonyl (C=O) groups excluding carboxylic acids is 2. The van der Waals surface area contributed by atoms with Crippen molar-refractivity contribution in [3.05, 3.63) is 69.3 Å². The lowest BCUT2D eigenvalue weighted by Gasteiger charge is -2.32. The van der Waals surface area contributed by atoms with Crippen molar-refractivity contribution in [1.29, 1.82) is 0 Å². The van der Waals surface area contributed by atoms with E-state index in [-0.39, 0.29) is 11.3 Å². The molecule has 2 N–H and O–H groups in total. The molecule has 1 unspecified atom stereocenters. The fourth-order valence-corrected chi connectivity index (χ4v) is 3.35. The van der Waals surface area contributed by atoms with Crippen molar-refractivity contribution in [3.63, 3.8) is 0 Å². The molecule has 3 amide bonds. The van der Waals surface area contributed by atoms with Gasteiger partial charge in [-0.2, -0.15) is 0 Å². The number of nitro groups is 1. The second-order valence-corrected chi connectivity index (χ2v) is 9.12. The first kappa shape index (κ1) is 24.1. The molecule has 0 aliphatic carbocycles. The monoisotopic (exact) mass is 490 g/mol. The van der Waals surface area contributed by atoms with Gasteiger partial charge in [0.15, 0.2) is 6.17 Å². The van der Waals surface area contributed by atoms with Crippen LogP contribution in [0.4, 0.5) is 16.2 Å². The number of benzene rings is 2. The Morgan fingerprint density at radius 1 is 1.17 bits per heavy atom. The summed E-state index contributed by atoms with van der Waals surface area (Å²) in [5.74, 6) is -0.798. The van der Waals surface area contributed by atoms with Gasteiger partial charge < -0.3 is 10.6 Å². The molecule has 0 spiro atoms. The van der Waals surface area contributed by atoms with Crippen molar-refractivity contribution in [1.82, 2.24) is 9.62 Å². The Balaban J connectivity index is 2.23. The molecule has 0 radical (unpaired) electrons. The average molecular weight is 492 g/mol. The third kappa shape index (κ3) is 6.15. The zero-order chi connectivity index (χ0) is 22.6. The summed E-state index contributed by atoms with van der Waals surface area (Å²) < 4.78 is -1.43. The van der Waals surface area contributed by atoms with Crippen LogP contribution >= 0.6 is 47.6 Å². The molecular formula is C18H17Cl3N4O4S. The van der Waals surface area contributed by atoms with Crippen LogP contribution in [-0.2, 0) is 0 Å². The third-order valence-electron chi connectivity index (χ3n) is 3.98. The van der Waals surface area contributed by atoms with E-state index in [4.69, 9.17) is 34.8 Å². The molecule has 2 aromatic rings. The van der Waals surface area contributed by atoms with Crippen molar-refractivity contribution in [2.75, 3.05) is 5.32 Å². The van der Waals surface area contributed by atoms with Gasteiger partial charge in [0, 0.05) is 23.4 Å². The van der Waals surface area contributed by atoms with E-state index in [1.807, 2.05) is 19.1 Å². The van der Waals surface area contributed by atoms with E-state index in [1.54, 1.807) is 13.0 Å². The standard InChI is InChI=1S/C18H17Cl3N4O4S/c1-10-6-7-11(2)14(8-10)22-17(27)24(30)16(18(19,20)21)23-15(26)12-4-3-5-13(9-12)25(28)29/h3-9,16,30H,1-2H3,(H,22,27)(H,23,26). The Morgan fingerprint density at radius 3 is 2.43 bits per heavy atom. The van der Waals surface area contributed by atoms with Crippen molar-refractivity contribution < 1.29 is 14.5 Å². The summed E-state index contributed by atoms with van der Waals surface area (Å²) in [5, 5.41) is 15.9. The maximum atomic E-state index is 12.6. The quantitative estimate of drug-likeness (QED) is 0.180. The van der Waals surface area contributed by atoms with E-state index in [0.29, 0.717) is 5.69 Å². The van der Waals surface area contributed by atoms with Crippen LogP contribution in [0.3, 0.4) is 0 Å². The van der Waals surface area contributed by atoms with Gasteiger partial charge in [0.2, 0.25) is 3.79 Å². The molecule has 0 aliphatic heterocycles. The van der Waals surface area contributed by atoms with Gasteiger partial charge in [0.05, 0.1) is 4.92 Å². The highest BCUT2D eigenvalue weighted by atomic mass is 35.6. The summed E-state index contributed by atoms with van der Waals surface area (Å²) in [6, 6.07) is 9.66. The van der Waals surface area contributed by atoms with Crippen molar-refractivity contribution in [2.45, 2.75) is 23.8 Å². The molecule has 8 nitrogen and oxygen atoms in total. The first-order valence-electron chi connectivity index (χ1n) is 8.38. The molecule has 12 heteroatoms. The van der Waals surface area contributed by atoms with Gasteiger partial charge in [0.1, 0.15) is 0 Å². The summed E-state index contributed by atoms with van der Waals surface area (Å²) in [4.78, 5) is 35.5. The Morgan fingerprint density at radius 2 is 1.83 bits per heavy atom. The first-order valence-corrected chi connectivity index (χ1v) is 9.92. The van der Waals surface area contributed by atoms with Gasteiger partial charge in [0.25, 0.3) is 11.6 Å². The number of non-ortho nitro benzene ring substituents is 1. The number of nitro benzene ring substituents is 1. The number of hydrogen-bond donors (Lipinski definition) is 3. The minimum absolute atomic E-state index is 0.0554. The molecule has 0 heterocycles. The van der Waals surface area contributed by atoms with Crippen molar-refractivity contribution in [3.8, 4) is 0 Å². The number of alkyl halides is 3. The van der Waals surface area contributed by atoms with E-state index in [0.717, 1.165) is 21.5 Å². The van der Waals surface area contributed by atoms with E-state index in [2.05, 4.69) is 23.4 Å². The highest BCUT2D eigenvalue weighted by Crippen LogP contribution is 2.33. The second-order valence-electron chi connectivity index (χ2n) is 6.32. The molecular weight excluding hydrogens is 475 g/mol. The van der Waals surface area contributed by atoms with Gasteiger partial charge in [-0.05, 0) is 37.1 Å². The predicted octanol–water partition coefficient (Wildman–Crippen LogP) is 5.02. The van der Waals surface area contributed by atoms with E-state index in [1.165, 1.54) is 18.2 Å². The molecule has 0 aromatic heterocycles. The Hall–Kier alpha value is -2.20. The van der Waals surface area contributed by atoms with Crippen LogP contribution in [0, 0.1) is 24.0 Å². The number of nitrogens with zero attached hydrogens (tertiary/aromatic N) is 2. The highest BCUT2D eigenvalue weighted by Gasteiger charge is 2.40. The number of nitrogens with one attached hydrogen (secondary N) is 2. The number of aryl methyl sites for hydroxylation is 2. The second kappa shape index (κ2) is 9.74. The number of rotatable bonds is 5. The van der Waals surface area contributed by atoms with Crippen LogP contribution < -0.4 is 10.6 Å². The summed E-state index contributed by atoms with van der Waals surface area (Å²) >= 11 is 21.9. The number of anilines is 1. The van der Waals surface area contributed by atoms with Gasteiger partial charge in [-0.25, -0.2) is 9.10 Å². The molecule has 0 saturated carbocycles. The maximum absolute atomic E-state index is 12.6. The predicted molar refractivity (Wildman–Crippen MR) is 120 cm³/mol. The topological polar surface area (TPSA) is 105 Å². The summed E-state index contributed by atoms with van der Waals surface area (Å²) in [6.45, 7) is 3.66. The van der Waals surface area contributed by atoms with Crippen LogP contribution in [0.1, 0.15) is 21.5 Å².